The molecular weight excluding hydrogens is 615 g/mol. The van der Waals surface area contributed by atoms with Crippen LogP contribution in [0, 0.1) is 0 Å². The molecule has 0 aromatic heterocycles. The zero-order valence-electron chi connectivity index (χ0n) is 24.9. The Bertz CT molecular complexity index is 1530. The van der Waals surface area contributed by atoms with Gasteiger partial charge in [0.1, 0.15) is 17.7 Å². The highest BCUT2D eigenvalue weighted by molar-refractivity contribution is 6.47. The molecule has 10 nitrogen and oxygen atoms in total. The minimum atomic E-state index is -0.933. The fourth-order valence-electron chi connectivity index (χ4n) is 4.98. The minimum Gasteiger partial charge on any atom is -0.506 e. The summed E-state index contributed by atoms with van der Waals surface area (Å²) in [6.45, 7) is 7.72. The number of carbonyl (C=O) groups excluding carboxylic acids is 2. The Kier molecular flexibility index (Phi) is 10.1. The smallest absolute Gasteiger partial charge is 0.281 e. The van der Waals surface area contributed by atoms with Gasteiger partial charge in [-0.15, -0.1) is 0 Å². The average Bonchev–Trinajstić information content (AvgIpc) is 3.21. The van der Waals surface area contributed by atoms with E-state index in [1.54, 1.807) is 13.0 Å². The van der Waals surface area contributed by atoms with Crippen molar-refractivity contribution in [1.29, 1.82) is 0 Å². The molecule has 2 aliphatic rings. The van der Waals surface area contributed by atoms with Gasteiger partial charge in [-0.1, -0.05) is 34.8 Å². The van der Waals surface area contributed by atoms with Gasteiger partial charge in [0, 0.05) is 69.2 Å². The number of hydrogen-bond donors (Lipinski definition) is 3. The Morgan fingerprint density at radius 3 is 2.16 bits per heavy atom. The van der Waals surface area contributed by atoms with Crippen molar-refractivity contribution in [1.82, 2.24) is 10.0 Å². The second-order valence-electron chi connectivity index (χ2n) is 10.4. The number of Topliss-reactive ketones (excluding diaryl/α,β-unsaturated/α-hetero) is 1. The summed E-state index contributed by atoms with van der Waals surface area (Å²) in [6.07, 6.45) is -0.537. The van der Waals surface area contributed by atoms with E-state index in [4.69, 9.17) is 34.8 Å². The first kappa shape index (κ1) is 32.8. The van der Waals surface area contributed by atoms with Crippen molar-refractivity contribution in [3.05, 3.63) is 67.9 Å². The molecule has 13 heteroatoms. The van der Waals surface area contributed by atoms with Gasteiger partial charge in [0.25, 0.3) is 5.91 Å². The summed E-state index contributed by atoms with van der Waals surface area (Å²) in [5.41, 5.74) is 1.96. The molecule has 3 N–H and O–H groups in total. The highest BCUT2D eigenvalue weighted by atomic mass is 35.5. The topological polar surface area (TPSA) is 112 Å². The standard InChI is InChI=1S/C30H35Cl3N6O4/c1-7-38(8-2)18-9-10-19(22(15-18)34-23(40)11-12-37(6)36(4)5)25-28(41)26(29(25)42)24-16(3)35-39(30(24)43)27-20(32)13-17(31)14-21(27)33/h9-10,13-15,23,34,40-41H,7-8,11-12H2,1-6H3. The van der Waals surface area contributed by atoms with E-state index >= 15 is 0 Å². The normalized spacial score (nSPS) is 17.7. The third-order valence-corrected chi connectivity index (χ3v) is 8.32. The van der Waals surface area contributed by atoms with Crippen molar-refractivity contribution in [3.8, 4) is 0 Å². The molecular formula is C30H35Cl3N6O4. The van der Waals surface area contributed by atoms with Crippen LogP contribution in [0.3, 0.4) is 0 Å². The summed E-state index contributed by atoms with van der Waals surface area (Å²) in [7, 11) is 5.73. The van der Waals surface area contributed by atoms with Gasteiger partial charge < -0.3 is 20.4 Å². The van der Waals surface area contributed by atoms with E-state index in [-0.39, 0.29) is 48.9 Å². The predicted molar refractivity (Wildman–Crippen MR) is 174 cm³/mol. The molecule has 0 radical (unpaired) electrons. The maximum Gasteiger partial charge on any atom is 0.281 e. The van der Waals surface area contributed by atoms with Gasteiger partial charge in [0.05, 0.1) is 32.5 Å². The zero-order valence-corrected chi connectivity index (χ0v) is 27.1. The van der Waals surface area contributed by atoms with Crippen molar-refractivity contribution in [2.75, 3.05) is 56.0 Å². The number of carbonyl (C=O) groups is 2. The molecule has 43 heavy (non-hydrogen) atoms. The second-order valence-corrected chi connectivity index (χ2v) is 11.7. The summed E-state index contributed by atoms with van der Waals surface area (Å²) in [4.78, 5) is 29.3. The molecule has 0 saturated carbocycles. The van der Waals surface area contributed by atoms with Crippen LogP contribution in [0.1, 0.15) is 32.8 Å². The molecule has 2 aromatic rings. The number of halogens is 3. The highest BCUT2D eigenvalue weighted by Crippen LogP contribution is 2.45. The lowest BCUT2D eigenvalue weighted by atomic mass is 9.79. The molecule has 0 fully saturated rings. The lowest BCUT2D eigenvalue weighted by Crippen LogP contribution is -2.36. The number of allylic oxidation sites excluding steroid dienone is 2. The Hall–Kier alpha value is -3.12. The van der Waals surface area contributed by atoms with Gasteiger partial charge in [0.2, 0.25) is 5.78 Å². The van der Waals surface area contributed by atoms with Gasteiger partial charge in [-0.3, -0.25) is 9.59 Å². The van der Waals surface area contributed by atoms with Crippen LogP contribution in [0.25, 0.3) is 5.57 Å². The van der Waals surface area contributed by atoms with E-state index in [1.807, 2.05) is 57.1 Å². The van der Waals surface area contributed by atoms with E-state index in [0.717, 1.165) is 23.8 Å². The third-order valence-electron chi connectivity index (χ3n) is 7.52. The number of rotatable bonds is 11. The summed E-state index contributed by atoms with van der Waals surface area (Å²) >= 11 is 18.7. The van der Waals surface area contributed by atoms with Crippen LogP contribution in [0.4, 0.5) is 17.1 Å². The molecule has 1 aliphatic heterocycles. The van der Waals surface area contributed by atoms with E-state index in [0.29, 0.717) is 24.2 Å². The van der Waals surface area contributed by atoms with Gasteiger partial charge in [0.15, 0.2) is 0 Å². The number of aliphatic hydroxyl groups excluding tert-OH is 2. The van der Waals surface area contributed by atoms with Crippen LogP contribution in [0.5, 0.6) is 0 Å². The van der Waals surface area contributed by atoms with Crippen molar-refractivity contribution in [3.63, 3.8) is 0 Å². The van der Waals surface area contributed by atoms with E-state index in [9.17, 15) is 19.8 Å². The quantitative estimate of drug-likeness (QED) is 0.164. The fraction of sp³-hybridized carbons (Fsp3) is 0.367. The maximum atomic E-state index is 13.6. The molecule has 0 bridgehead atoms. The maximum absolute atomic E-state index is 13.6. The van der Waals surface area contributed by atoms with Gasteiger partial charge in [-0.05, 0) is 51.1 Å². The SMILES string of the molecule is CCN(CC)c1ccc(C2=C(O)C(=C3C(=O)N(c4c(Cl)cc(Cl)cc4Cl)N=C3C)C2=O)c(NC(O)CCN(C)N(C)C)c1. The summed E-state index contributed by atoms with van der Waals surface area (Å²) in [6, 6.07) is 8.30. The van der Waals surface area contributed by atoms with Crippen LogP contribution < -0.4 is 15.2 Å². The van der Waals surface area contributed by atoms with E-state index < -0.39 is 17.9 Å². The molecule has 1 amide bonds. The average molecular weight is 650 g/mol. The molecule has 1 aliphatic carbocycles. The predicted octanol–water partition coefficient (Wildman–Crippen LogP) is 5.59. The van der Waals surface area contributed by atoms with Crippen LogP contribution in [-0.4, -0.2) is 84.6 Å². The summed E-state index contributed by atoms with van der Waals surface area (Å²) in [5, 5.41) is 34.9. The number of benzene rings is 2. The number of anilines is 3. The minimum absolute atomic E-state index is 0.0373. The van der Waals surface area contributed by atoms with Gasteiger partial charge in [-0.25, -0.2) is 10.0 Å². The molecule has 230 valence electrons. The molecule has 4 rings (SSSR count). The number of hydrazone groups is 1. The third kappa shape index (κ3) is 6.40. The van der Waals surface area contributed by atoms with Crippen LogP contribution in [-0.2, 0) is 9.59 Å². The Balaban J connectivity index is 1.73. The van der Waals surface area contributed by atoms with Crippen LogP contribution >= 0.6 is 34.8 Å². The van der Waals surface area contributed by atoms with Gasteiger partial charge >= 0.3 is 0 Å². The number of aliphatic hydroxyl groups is 2. The fourth-order valence-corrected chi connectivity index (χ4v) is 5.96. The van der Waals surface area contributed by atoms with Crippen molar-refractivity contribution in [2.45, 2.75) is 33.4 Å². The lowest BCUT2D eigenvalue weighted by Gasteiger charge is -2.29. The number of hydrogen-bond acceptors (Lipinski definition) is 9. The number of nitrogens with one attached hydrogen (secondary N) is 1. The molecule has 1 unspecified atom stereocenters. The Morgan fingerprint density at radius 2 is 1.60 bits per heavy atom. The first-order valence-corrected chi connectivity index (χ1v) is 14.9. The Morgan fingerprint density at radius 1 is 0.977 bits per heavy atom. The molecule has 2 aromatic carbocycles. The monoisotopic (exact) mass is 648 g/mol. The van der Waals surface area contributed by atoms with Crippen molar-refractivity contribution < 1.29 is 19.8 Å². The molecule has 1 heterocycles. The number of nitrogens with zero attached hydrogens (tertiary/aromatic N) is 5. The lowest BCUT2D eigenvalue weighted by molar-refractivity contribution is -0.115. The second kappa shape index (κ2) is 13.3. The largest absolute Gasteiger partial charge is 0.506 e. The Labute approximate surface area is 266 Å². The van der Waals surface area contributed by atoms with Crippen molar-refractivity contribution >= 4 is 74.8 Å². The summed E-state index contributed by atoms with van der Waals surface area (Å²) in [5.74, 6) is -1.52. The van der Waals surface area contributed by atoms with E-state index in [1.165, 1.54) is 12.1 Å². The number of hydrazine groups is 1. The van der Waals surface area contributed by atoms with Crippen LogP contribution in [0.2, 0.25) is 15.1 Å². The van der Waals surface area contributed by atoms with Crippen molar-refractivity contribution in [2.24, 2.45) is 5.10 Å². The molecule has 0 saturated heterocycles. The first-order chi connectivity index (χ1) is 20.3. The summed E-state index contributed by atoms with van der Waals surface area (Å²) < 4.78 is 0. The molecule has 0 spiro atoms. The van der Waals surface area contributed by atoms with Crippen LogP contribution in [0.15, 0.2) is 52.3 Å². The zero-order chi connectivity index (χ0) is 31.7. The first-order valence-electron chi connectivity index (χ1n) is 13.8. The highest BCUT2D eigenvalue weighted by Gasteiger charge is 2.44. The van der Waals surface area contributed by atoms with E-state index in [2.05, 4.69) is 15.3 Å². The number of ketones is 1. The van der Waals surface area contributed by atoms with Gasteiger partial charge in [-0.2, -0.15) is 10.1 Å². The molecule has 1 atom stereocenters. The number of amides is 1.